The molecule has 0 bridgehead atoms. The molecule has 0 aromatic heterocycles. The molecule has 1 aromatic rings. The fourth-order valence-electron chi connectivity index (χ4n) is 1.32. The second-order valence-corrected chi connectivity index (χ2v) is 5.87. The van der Waals surface area contributed by atoms with E-state index in [0.29, 0.717) is 6.42 Å². The van der Waals surface area contributed by atoms with Crippen LogP contribution in [0.4, 0.5) is 5.69 Å². The number of hydrogen-bond acceptors (Lipinski definition) is 2. The minimum absolute atomic E-state index is 0.00193. The molecular formula is C13H16INO2. The molecular weight excluding hydrogens is 329 g/mol. The molecule has 0 radical (unpaired) electrons. The van der Waals surface area contributed by atoms with Crippen molar-refractivity contribution in [3.63, 3.8) is 0 Å². The zero-order valence-electron chi connectivity index (χ0n) is 10.00. The number of carbonyl (C=O) groups excluding carboxylic acids is 2. The molecule has 0 saturated heterocycles. The fourth-order valence-corrected chi connectivity index (χ4v) is 1.47. The minimum atomic E-state index is -0.0509. The summed E-state index contributed by atoms with van der Waals surface area (Å²) in [5, 5.41) is 2.82. The monoisotopic (exact) mass is 345 g/mol. The molecule has 0 aliphatic carbocycles. The van der Waals surface area contributed by atoms with Crippen LogP contribution in [0.2, 0.25) is 0 Å². The molecule has 1 amide bonds. The summed E-state index contributed by atoms with van der Waals surface area (Å²) in [4.78, 5) is 22.3. The first-order valence-corrected chi connectivity index (χ1v) is 6.77. The van der Waals surface area contributed by atoms with E-state index >= 15 is 0 Å². The second kappa shape index (κ2) is 6.74. The van der Waals surface area contributed by atoms with Gasteiger partial charge in [-0.3, -0.25) is 4.79 Å². The van der Waals surface area contributed by atoms with Crippen LogP contribution in [0.25, 0.3) is 0 Å². The zero-order chi connectivity index (χ0) is 12.8. The first kappa shape index (κ1) is 14.2. The number of benzene rings is 1. The molecule has 4 heteroatoms. The van der Waals surface area contributed by atoms with Crippen LogP contribution < -0.4 is 5.32 Å². The number of Topliss-reactive ketones (excluding diaryl/α,β-unsaturated/α-hetero) is 1. The zero-order valence-corrected chi connectivity index (χ0v) is 12.2. The topological polar surface area (TPSA) is 46.2 Å². The summed E-state index contributed by atoms with van der Waals surface area (Å²) in [6.07, 6.45) is 1.32. The second-order valence-electron chi connectivity index (χ2n) is 4.00. The summed E-state index contributed by atoms with van der Waals surface area (Å²) >= 11 is 2.07. The van der Waals surface area contributed by atoms with E-state index in [-0.39, 0.29) is 15.6 Å². The number of alkyl halides is 1. The molecule has 92 valence electrons. The van der Waals surface area contributed by atoms with Gasteiger partial charge in [0, 0.05) is 12.1 Å². The van der Waals surface area contributed by atoms with Crippen LogP contribution in [0.1, 0.15) is 25.8 Å². The maximum absolute atomic E-state index is 11.4. The van der Waals surface area contributed by atoms with Gasteiger partial charge in [0.05, 0.1) is 3.92 Å². The SMILES string of the molecule is CC(=O)CCc1ccc(NC(=O)C(C)I)cc1. The molecule has 3 nitrogen and oxygen atoms in total. The van der Waals surface area contributed by atoms with Crippen molar-refractivity contribution in [3.8, 4) is 0 Å². The van der Waals surface area contributed by atoms with Crippen molar-refractivity contribution in [1.29, 1.82) is 0 Å². The van der Waals surface area contributed by atoms with Crippen LogP contribution in [0.3, 0.4) is 0 Å². The maximum Gasteiger partial charge on any atom is 0.237 e. The Morgan fingerprint density at radius 2 is 1.88 bits per heavy atom. The van der Waals surface area contributed by atoms with Crippen LogP contribution in [0.5, 0.6) is 0 Å². The smallest absolute Gasteiger partial charge is 0.237 e. The highest BCUT2D eigenvalue weighted by Gasteiger charge is 2.08. The highest BCUT2D eigenvalue weighted by molar-refractivity contribution is 14.1. The van der Waals surface area contributed by atoms with E-state index in [1.807, 2.05) is 31.2 Å². The molecule has 0 aliphatic rings. The van der Waals surface area contributed by atoms with Gasteiger partial charge in [-0.1, -0.05) is 34.7 Å². The Bertz CT molecular complexity index is 398. The average molecular weight is 345 g/mol. The lowest BCUT2D eigenvalue weighted by Crippen LogP contribution is -2.19. The molecule has 0 fully saturated rings. The van der Waals surface area contributed by atoms with Gasteiger partial charge < -0.3 is 10.1 Å². The van der Waals surface area contributed by atoms with Gasteiger partial charge in [0.25, 0.3) is 0 Å². The van der Waals surface area contributed by atoms with Gasteiger partial charge in [-0.15, -0.1) is 0 Å². The Hall–Kier alpha value is -0.910. The van der Waals surface area contributed by atoms with Crippen LogP contribution in [-0.4, -0.2) is 15.6 Å². The Labute approximate surface area is 115 Å². The van der Waals surface area contributed by atoms with Gasteiger partial charge in [0.15, 0.2) is 0 Å². The standard InChI is InChI=1S/C13H16INO2/c1-9(16)3-4-11-5-7-12(8-6-11)15-13(17)10(2)14/h5-8,10H,3-4H2,1-2H3,(H,15,17). The summed E-state index contributed by atoms with van der Waals surface area (Å²) < 4.78 is -0.0509. The summed E-state index contributed by atoms with van der Waals surface area (Å²) in [5.74, 6) is 0.197. The fraction of sp³-hybridized carbons (Fsp3) is 0.385. The van der Waals surface area contributed by atoms with Crippen molar-refractivity contribution in [2.75, 3.05) is 5.32 Å². The predicted molar refractivity (Wildman–Crippen MR) is 77.6 cm³/mol. The Kier molecular flexibility index (Phi) is 5.61. The van der Waals surface area contributed by atoms with Crippen LogP contribution >= 0.6 is 22.6 Å². The first-order chi connectivity index (χ1) is 7.99. The molecule has 1 atom stereocenters. The number of amides is 1. The molecule has 0 spiro atoms. The molecule has 0 aliphatic heterocycles. The summed E-state index contributed by atoms with van der Waals surface area (Å²) in [6, 6.07) is 7.62. The molecule has 1 rings (SSSR count). The van der Waals surface area contributed by atoms with Gasteiger partial charge in [-0.25, -0.2) is 0 Å². The Balaban J connectivity index is 2.56. The van der Waals surface area contributed by atoms with Gasteiger partial charge >= 0.3 is 0 Å². The number of ketones is 1. The molecule has 0 saturated carbocycles. The van der Waals surface area contributed by atoms with Gasteiger partial charge in [-0.2, -0.15) is 0 Å². The number of nitrogens with one attached hydrogen (secondary N) is 1. The van der Waals surface area contributed by atoms with E-state index in [1.54, 1.807) is 6.92 Å². The molecule has 1 N–H and O–H groups in total. The van der Waals surface area contributed by atoms with Gasteiger partial charge in [-0.05, 0) is 38.0 Å². The number of rotatable bonds is 5. The van der Waals surface area contributed by atoms with Gasteiger partial charge in [0.1, 0.15) is 5.78 Å². The number of anilines is 1. The minimum Gasteiger partial charge on any atom is -0.325 e. The average Bonchev–Trinajstić information content (AvgIpc) is 2.28. The van der Waals surface area contributed by atoms with E-state index in [4.69, 9.17) is 0 Å². The van der Waals surface area contributed by atoms with Crippen molar-refractivity contribution in [1.82, 2.24) is 0 Å². The molecule has 0 heterocycles. The van der Waals surface area contributed by atoms with E-state index in [0.717, 1.165) is 17.7 Å². The van der Waals surface area contributed by atoms with Crippen LogP contribution in [0.15, 0.2) is 24.3 Å². The molecule has 17 heavy (non-hydrogen) atoms. The van der Waals surface area contributed by atoms with Crippen molar-refractivity contribution >= 4 is 40.0 Å². The van der Waals surface area contributed by atoms with Gasteiger partial charge in [0.2, 0.25) is 5.91 Å². The van der Waals surface area contributed by atoms with Crippen molar-refractivity contribution < 1.29 is 9.59 Å². The summed E-state index contributed by atoms with van der Waals surface area (Å²) in [5.41, 5.74) is 1.91. The molecule has 1 unspecified atom stereocenters. The number of hydrogen-bond donors (Lipinski definition) is 1. The molecule has 1 aromatic carbocycles. The lowest BCUT2D eigenvalue weighted by atomic mass is 10.1. The van der Waals surface area contributed by atoms with Crippen molar-refractivity contribution in [2.24, 2.45) is 0 Å². The normalized spacial score (nSPS) is 11.9. The van der Waals surface area contributed by atoms with E-state index in [1.165, 1.54) is 0 Å². The lowest BCUT2D eigenvalue weighted by Gasteiger charge is -2.07. The van der Waals surface area contributed by atoms with E-state index in [9.17, 15) is 9.59 Å². The third kappa shape index (κ3) is 5.30. The summed E-state index contributed by atoms with van der Waals surface area (Å²) in [6.45, 7) is 3.44. The maximum atomic E-state index is 11.4. The first-order valence-electron chi connectivity index (χ1n) is 5.52. The largest absolute Gasteiger partial charge is 0.325 e. The van der Waals surface area contributed by atoms with E-state index in [2.05, 4.69) is 27.9 Å². The number of halogens is 1. The van der Waals surface area contributed by atoms with Crippen LogP contribution in [0, 0.1) is 0 Å². The van der Waals surface area contributed by atoms with Crippen molar-refractivity contribution in [2.45, 2.75) is 30.6 Å². The number of aryl methyl sites for hydroxylation is 1. The third-order valence-corrected chi connectivity index (χ3v) is 2.91. The Morgan fingerprint density at radius 3 is 2.35 bits per heavy atom. The quantitative estimate of drug-likeness (QED) is 0.659. The highest BCUT2D eigenvalue weighted by Crippen LogP contribution is 2.12. The van der Waals surface area contributed by atoms with Crippen molar-refractivity contribution in [3.05, 3.63) is 29.8 Å². The Morgan fingerprint density at radius 1 is 1.29 bits per heavy atom. The number of carbonyl (C=O) groups is 2. The third-order valence-electron chi connectivity index (χ3n) is 2.35. The van der Waals surface area contributed by atoms with E-state index < -0.39 is 0 Å². The highest BCUT2D eigenvalue weighted by atomic mass is 127. The van der Waals surface area contributed by atoms with Crippen LogP contribution in [-0.2, 0) is 16.0 Å². The lowest BCUT2D eigenvalue weighted by molar-refractivity contribution is -0.117. The predicted octanol–water partition coefficient (Wildman–Crippen LogP) is 2.97. The summed E-state index contributed by atoms with van der Waals surface area (Å²) in [7, 11) is 0.